The first-order valence-corrected chi connectivity index (χ1v) is 10.3. The molecule has 11 nitrogen and oxygen atoms in total. The number of hydrogen-bond donors (Lipinski definition) is 4. The van der Waals surface area contributed by atoms with Crippen LogP contribution < -0.4 is 10.6 Å². The minimum atomic E-state index is -1.71. The first-order valence-electron chi connectivity index (χ1n) is 10.3. The van der Waals surface area contributed by atoms with Crippen molar-refractivity contribution in [2.24, 2.45) is 11.3 Å². The maximum atomic E-state index is 12.5. The molecule has 0 bridgehead atoms. The third kappa shape index (κ3) is 13.3. The second-order valence-electron chi connectivity index (χ2n) is 8.62. The number of hydroxylamine groups is 2. The van der Waals surface area contributed by atoms with E-state index in [9.17, 15) is 24.7 Å². The summed E-state index contributed by atoms with van der Waals surface area (Å²) in [7, 11) is 1.57. The molecule has 0 saturated carbocycles. The molecule has 31 heavy (non-hydrogen) atoms. The highest BCUT2D eigenvalue weighted by Crippen LogP contribution is 2.19. The molecule has 11 heteroatoms. The molecule has 0 unspecified atom stereocenters. The number of nitrogens with zero attached hydrogens (tertiary/aromatic N) is 1. The van der Waals surface area contributed by atoms with Crippen LogP contribution in [0.5, 0.6) is 0 Å². The van der Waals surface area contributed by atoms with Crippen molar-refractivity contribution >= 4 is 17.7 Å². The fourth-order valence-corrected chi connectivity index (χ4v) is 2.43. The minimum Gasteiger partial charge on any atom is -0.383 e. The van der Waals surface area contributed by atoms with Gasteiger partial charge in [-0.1, -0.05) is 34.6 Å². The fraction of sp³-hybridized carbons (Fsp3) is 0.850. The van der Waals surface area contributed by atoms with Crippen LogP contribution in [-0.4, -0.2) is 92.1 Å². The first kappa shape index (κ1) is 29.2. The lowest BCUT2D eigenvalue weighted by molar-refractivity contribution is -0.177. The topological polar surface area (TPSA) is 147 Å². The summed E-state index contributed by atoms with van der Waals surface area (Å²) in [5.74, 6) is -2.08. The summed E-state index contributed by atoms with van der Waals surface area (Å²) < 4.78 is 15.2. The summed E-state index contributed by atoms with van der Waals surface area (Å²) in [5.41, 5.74) is -0.626. The van der Waals surface area contributed by atoms with E-state index in [4.69, 9.17) is 14.2 Å². The quantitative estimate of drug-likeness (QED) is 0.117. The lowest BCUT2D eigenvalue weighted by Gasteiger charge is -2.30. The number of amides is 3. The number of aliphatic hydroxyl groups is 1. The van der Waals surface area contributed by atoms with Crippen LogP contribution in [0.3, 0.4) is 0 Å². The molecule has 0 rings (SSSR count). The van der Waals surface area contributed by atoms with E-state index in [0.29, 0.717) is 18.3 Å². The predicted octanol–water partition coefficient (Wildman–Crippen LogP) is -0.105. The van der Waals surface area contributed by atoms with Crippen LogP contribution >= 0.6 is 0 Å². The number of ether oxygens (including phenoxy) is 3. The Kier molecular flexibility index (Phi) is 14.2. The Balaban J connectivity index is 4.56. The Morgan fingerprint density at radius 3 is 2.23 bits per heavy atom. The minimum absolute atomic E-state index is 0.00940. The van der Waals surface area contributed by atoms with Crippen LogP contribution in [0.25, 0.3) is 0 Å². The summed E-state index contributed by atoms with van der Waals surface area (Å²) >= 11 is 0. The van der Waals surface area contributed by atoms with Crippen molar-refractivity contribution in [2.75, 3.05) is 46.8 Å². The summed E-state index contributed by atoms with van der Waals surface area (Å²) in [6.07, 6.45) is -2.28. The van der Waals surface area contributed by atoms with Gasteiger partial charge in [-0.25, -0.2) is 5.06 Å². The number of carbonyl (C=O) groups is 3. The average molecular weight is 450 g/mol. The highest BCUT2D eigenvalue weighted by atomic mass is 16.7. The molecular formula is C20H39N3O8. The normalized spacial score (nSPS) is 13.6. The smallest absolute Gasteiger partial charge is 0.275 e. The number of aliphatic hydroxyl groups excluding tert-OH is 1. The molecule has 4 N–H and O–H groups in total. The maximum absolute atomic E-state index is 12.5. The molecule has 0 saturated heterocycles. The van der Waals surface area contributed by atoms with Gasteiger partial charge in [0.15, 0.2) is 0 Å². The largest absolute Gasteiger partial charge is 0.383 e. The molecule has 0 aromatic heterocycles. The van der Waals surface area contributed by atoms with E-state index < -0.39 is 41.7 Å². The van der Waals surface area contributed by atoms with E-state index >= 15 is 0 Å². The molecule has 0 aliphatic rings. The molecule has 0 fully saturated rings. The number of hydrogen-bond acceptors (Lipinski definition) is 8. The van der Waals surface area contributed by atoms with Gasteiger partial charge in [-0.3, -0.25) is 19.6 Å². The highest BCUT2D eigenvalue weighted by molar-refractivity contribution is 5.91. The van der Waals surface area contributed by atoms with Gasteiger partial charge in [0.1, 0.15) is 18.9 Å². The Morgan fingerprint density at radius 2 is 1.68 bits per heavy atom. The average Bonchev–Trinajstić information content (AvgIpc) is 2.65. The van der Waals surface area contributed by atoms with E-state index in [1.54, 1.807) is 41.7 Å². The highest BCUT2D eigenvalue weighted by Gasteiger charge is 2.34. The zero-order chi connectivity index (χ0) is 24.0. The lowest BCUT2D eigenvalue weighted by atomic mass is 9.86. The van der Waals surface area contributed by atoms with E-state index in [1.165, 1.54) is 0 Å². The molecule has 0 aromatic rings. The summed E-state index contributed by atoms with van der Waals surface area (Å²) in [6.45, 7) is 10.3. The summed E-state index contributed by atoms with van der Waals surface area (Å²) in [6, 6.07) is -0.902. The Bertz CT molecular complexity index is 551. The Hall–Kier alpha value is -1.79. The maximum Gasteiger partial charge on any atom is 0.275 e. The van der Waals surface area contributed by atoms with Crippen LogP contribution in [0, 0.1) is 11.3 Å². The fourth-order valence-electron chi connectivity index (χ4n) is 2.43. The van der Waals surface area contributed by atoms with Crippen molar-refractivity contribution in [3.8, 4) is 0 Å². The molecule has 2 atom stereocenters. The Labute approximate surface area is 184 Å². The second-order valence-corrected chi connectivity index (χ2v) is 8.62. The van der Waals surface area contributed by atoms with Crippen LogP contribution in [0.4, 0.5) is 0 Å². The van der Waals surface area contributed by atoms with E-state index in [-0.39, 0.29) is 32.4 Å². The van der Waals surface area contributed by atoms with Gasteiger partial charge in [-0.05, 0) is 11.3 Å². The molecule has 182 valence electrons. The van der Waals surface area contributed by atoms with Crippen LogP contribution in [0.1, 0.15) is 41.0 Å². The monoisotopic (exact) mass is 449 g/mol. The SMILES string of the molecule is COCCOCOCCNC(=O)[C@@H](NC(=O)C[C@H](O)C(=O)N(O)CC(C)C)C(C)(C)C. The first-order chi connectivity index (χ1) is 14.4. The third-order valence-electron chi connectivity index (χ3n) is 4.03. The van der Waals surface area contributed by atoms with Crippen LogP contribution in [0.15, 0.2) is 0 Å². The van der Waals surface area contributed by atoms with Gasteiger partial charge in [-0.2, -0.15) is 0 Å². The van der Waals surface area contributed by atoms with Gasteiger partial charge in [0, 0.05) is 13.7 Å². The van der Waals surface area contributed by atoms with Gasteiger partial charge in [-0.15, -0.1) is 0 Å². The summed E-state index contributed by atoms with van der Waals surface area (Å²) in [4.78, 5) is 36.8. The van der Waals surface area contributed by atoms with Crippen molar-refractivity contribution < 1.29 is 38.9 Å². The van der Waals surface area contributed by atoms with Crippen LogP contribution in [0.2, 0.25) is 0 Å². The van der Waals surface area contributed by atoms with E-state index in [0.717, 1.165) is 0 Å². The molecule has 0 aromatic carbocycles. The Morgan fingerprint density at radius 1 is 1.06 bits per heavy atom. The molecule has 0 heterocycles. The van der Waals surface area contributed by atoms with Crippen molar-refractivity contribution in [1.82, 2.24) is 15.7 Å². The van der Waals surface area contributed by atoms with Gasteiger partial charge < -0.3 is 30.0 Å². The van der Waals surface area contributed by atoms with Gasteiger partial charge >= 0.3 is 0 Å². The van der Waals surface area contributed by atoms with Gasteiger partial charge in [0.25, 0.3) is 5.91 Å². The molecule has 3 amide bonds. The van der Waals surface area contributed by atoms with Gasteiger partial charge in [0.2, 0.25) is 11.8 Å². The zero-order valence-corrected chi connectivity index (χ0v) is 19.5. The van der Waals surface area contributed by atoms with E-state index in [1.807, 2.05) is 0 Å². The molecule has 0 aliphatic carbocycles. The molecular weight excluding hydrogens is 410 g/mol. The summed E-state index contributed by atoms with van der Waals surface area (Å²) in [5, 5.41) is 25.3. The van der Waals surface area contributed by atoms with Crippen LogP contribution in [-0.2, 0) is 28.6 Å². The van der Waals surface area contributed by atoms with Gasteiger partial charge in [0.05, 0.1) is 32.8 Å². The van der Waals surface area contributed by atoms with E-state index in [2.05, 4.69) is 10.6 Å². The zero-order valence-electron chi connectivity index (χ0n) is 19.5. The number of nitrogens with one attached hydrogen (secondary N) is 2. The van der Waals surface area contributed by atoms with Crippen molar-refractivity contribution in [3.63, 3.8) is 0 Å². The molecule has 0 radical (unpaired) electrons. The van der Waals surface area contributed by atoms with Crippen molar-refractivity contribution in [2.45, 2.75) is 53.2 Å². The third-order valence-corrected chi connectivity index (χ3v) is 4.03. The second kappa shape index (κ2) is 15.1. The standard InChI is InChI=1S/C20H39N3O8/c1-14(2)12-23(28)19(27)15(24)11-16(25)22-17(20(3,4)5)18(26)21-7-8-30-13-31-10-9-29-6/h14-15,17,24,28H,7-13H2,1-6H3,(H,21,26)(H,22,25)/t15-,17+/m0/s1. The number of carbonyl (C=O) groups excluding carboxylic acids is 3. The molecule has 0 aliphatic heterocycles. The lowest BCUT2D eigenvalue weighted by Crippen LogP contribution is -2.54. The predicted molar refractivity (Wildman–Crippen MR) is 112 cm³/mol. The number of rotatable bonds is 15. The van der Waals surface area contributed by atoms with Crippen molar-refractivity contribution in [1.29, 1.82) is 0 Å². The molecule has 0 spiro atoms. The van der Waals surface area contributed by atoms with Crippen molar-refractivity contribution in [3.05, 3.63) is 0 Å². The number of methoxy groups -OCH3 is 1.